The van der Waals surface area contributed by atoms with Crippen LogP contribution in [0.4, 0.5) is 14.5 Å². The third-order valence-electron chi connectivity index (χ3n) is 5.19. The number of nitrogens with one attached hydrogen (secondary N) is 1. The van der Waals surface area contributed by atoms with Crippen molar-refractivity contribution in [2.24, 2.45) is 0 Å². The van der Waals surface area contributed by atoms with E-state index in [1.54, 1.807) is 40.8 Å². The van der Waals surface area contributed by atoms with Gasteiger partial charge in [0.1, 0.15) is 11.6 Å². The lowest BCUT2D eigenvalue weighted by molar-refractivity contribution is -0.113. The SMILES string of the molecule is O=C(CSc1nnc2n(Cc3ccc(F)cc3)c(=O)c3ccccc3n12)Nc1ccc(F)cc1. The molecule has 0 saturated heterocycles. The lowest BCUT2D eigenvalue weighted by Crippen LogP contribution is -2.24. The largest absolute Gasteiger partial charge is 0.325 e. The van der Waals surface area contributed by atoms with Crippen molar-refractivity contribution in [1.82, 2.24) is 19.2 Å². The van der Waals surface area contributed by atoms with E-state index in [1.807, 2.05) is 0 Å². The summed E-state index contributed by atoms with van der Waals surface area (Å²) in [5, 5.41) is 12.1. The van der Waals surface area contributed by atoms with Crippen molar-refractivity contribution < 1.29 is 13.6 Å². The molecule has 0 radical (unpaired) electrons. The first-order valence-electron chi connectivity index (χ1n) is 10.3. The number of rotatable bonds is 6. The van der Waals surface area contributed by atoms with Crippen LogP contribution in [0.1, 0.15) is 5.56 Å². The van der Waals surface area contributed by atoms with E-state index in [1.165, 1.54) is 41.0 Å². The summed E-state index contributed by atoms with van der Waals surface area (Å²) >= 11 is 1.16. The molecule has 10 heteroatoms. The van der Waals surface area contributed by atoms with Crippen molar-refractivity contribution in [3.63, 3.8) is 0 Å². The number of carbonyl (C=O) groups is 1. The highest BCUT2D eigenvalue weighted by atomic mass is 32.2. The molecule has 5 rings (SSSR count). The third kappa shape index (κ3) is 4.27. The number of halogens is 2. The van der Waals surface area contributed by atoms with E-state index < -0.39 is 0 Å². The highest BCUT2D eigenvalue weighted by molar-refractivity contribution is 7.99. The second-order valence-corrected chi connectivity index (χ2v) is 8.44. The molecule has 2 heterocycles. The minimum Gasteiger partial charge on any atom is -0.325 e. The first-order valence-corrected chi connectivity index (χ1v) is 11.3. The summed E-state index contributed by atoms with van der Waals surface area (Å²) in [6.07, 6.45) is 0. The number of para-hydroxylation sites is 1. The zero-order chi connectivity index (χ0) is 23.7. The summed E-state index contributed by atoms with van der Waals surface area (Å²) in [7, 11) is 0. The Kier molecular flexibility index (Phi) is 5.81. The second kappa shape index (κ2) is 9.06. The van der Waals surface area contributed by atoms with Crippen LogP contribution in [0.5, 0.6) is 0 Å². The van der Waals surface area contributed by atoms with Crippen molar-refractivity contribution in [1.29, 1.82) is 0 Å². The van der Waals surface area contributed by atoms with Gasteiger partial charge < -0.3 is 5.32 Å². The number of nitrogens with zero attached hydrogens (tertiary/aromatic N) is 4. The van der Waals surface area contributed by atoms with Gasteiger partial charge in [0.25, 0.3) is 5.56 Å². The Morgan fingerprint density at radius 2 is 1.59 bits per heavy atom. The topological polar surface area (TPSA) is 81.3 Å². The fourth-order valence-corrected chi connectivity index (χ4v) is 4.34. The van der Waals surface area contributed by atoms with Crippen molar-refractivity contribution >= 4 is 40.0 Å². The molecular formula is C24H17F2N5O2S. The van der Waals surface area contributed by atoms with Crippen LogP contribution in [0.2, 0.25) is 0 Å². The van der Waals surface area contributed by atoms with Crippen molar-refractivity contribution in [2.75, 3.05) is 11.1 Å². The van der Waals surface area contributed by atoms with Crippen molar-refractivity contribution in [3.8, 4) is 0 Å². The molecule has 0 spiro atoms. The number of anilines is 1. The number of fused-ring (bicyclic) bond motifs is 3. The van der Waals surface area contributed by atoms with Crippen LogP contribution >= 0.6 is 11.8 Å². The first kappa shape index (κ1) is 21.8. The van der Waals surface area contributed by atoms with E-state index in [0.29, 0.717) is 27.5 Å². The maximum absolute atomic E-state index is 13.3. The number of amides is 1. The predicted molar refractivity (Wildman–Crippen MR) is 126 cm³/mol. The van der Waals surface area contributed by atoms with Gasteiger partial charge >= 0.3 is 0 Å². The van der Waals surface area contributed by atoms with Gasteiger partial charge in [0, 0.05) is 5.69 Å². The third-order valence-corrected chi connectivity index (χ3v) is 6.12. The Morgan fingerprint density at radius 1 is 0.912 bits per heavy atom. The minimum atomic E-state index is -0.388. The second-order valence-electron chi connectivity index (χ2n) is 7.50. The van der Waals surface area contributed by atoms with E-state index in [-0.39, 0.29) is 35.4 Å². The Morgan fingerprint density at radius 3 is 2.32 bits per heavy atom. The fraction of sp³-hybridized carbons (Fsp3) is 0.0833. The molecule has 0 fully saturated rings. The summed E-state index contributed by atoms with van der Waals surface area (Å²) in [6.45, 7) is 0.182. The molecule has 0 aliphatic carbocycles. The highest BCUT2D eigenvalue weighted by Gasteiger charge is 2.18. The molecule has 0 aliphatic heterocycles. The van der Waals surface area contributed by atoms with E-state index in [4.69, 9.17) is 0 Å². The molecule has 1 amide bonds. The Balaban J connectivity index is 1.49. The Bertz CT molecular complexity index is 1560. The monoisotopic (exact) mass is 477 g/mol. The number of thioether (sulfide) groups is 1. The van der Waals surface area contributed by atoms with Gasteiger partial charge in [-0.25, -0.2) is 8.78 Å². The van der Waals surface area contributed by atoms with Crippen LogP contribution < -0.4 is 10.9 Å². The molecule has 0 bridgehead atoms. The summed E-state index contributed by atoms with van der Waals surface area (Å²) in [6, 6.07) is 18.5. The summed E-state index contributed by atoms with van der Waals surface area (Å²) in [4.78, 5) is 25.6. The van der Waals surface area contributed by atoms with Gasteiger partial charge in [-0.05, 0) is 54.1 Å². The maximum atomic E-state index is 13.3. The van der Waals surface area contributed by atoms with E-state index in [9.17, 15) is 18.4 Å². The normalized spacial score (nSPS) is 11.2. The van der Waals surface area contributed by atoms with Gasteiger partial charge in [0.2, 0.25) is 11.7 Å². The number of aromatic nitrogens is 4. The van der Waals surface area contributed by atoms with Crippen LogP contribution in [0, 0.1) is 11.6 Å². The molecule has 5 aromatic rings. The summed E-state index contributed by atoms with van der Waals surface area (Å²) in [5.41, 5.74) is 1.59. The molecule has 2 aromatic heterocycles. The van der Waals surface area contributed by atoms with Crippen LogP contribution in [0.25, 0.3) is 16.7 Å². The lowest BCUT2D eigenvalue weighted by Gasteiger charge is -2.11. The number of carbonyl (C=O) groups excluding carboxylic acids is 1. The minimum absolute atomic E-state index is 0.0313. The first-order chi connectivity index (χ1) is 16.5. The zero-order valence-electron chi connectivity index (χ0n) is 17.6. The van der Waals surface area contributed by atoms with Gasteiger partial charge in [-0.3, -0.25) is 18.6 Å². The fourth-order valence-electron chi connectivity index (χ4n) is 3.60. The highest BCUT2D eigenvalue weighted by Crippen LogP contribution is 2.22. The van der Waals surface area contributed by atoms with Gasteiger partial charge in [0.05, 0.1) is 23.2 Å². The zero-order valence-corrected chi connectivity index (χ0v) is 18.4. The van der Waals surface area contributed by atoms with Crippen LogP contribution in [-0.4, -0.2) is 30.8 Å². The molecule has 0 saturated carbocycles. The van der Waals surface area contributed by atoms with Gasteiger partial charge in [-0.1, -0.05) is 36.0 Å². The lowest BCUT2D eigenvalue weighted by atomic mass is 10.2. The van der Waals surface area contributed by atoms with Crippen LogP contribution in [0.3, 0.4) is 0 Å². The Hall–Kier alpha value is -4.05. The quantitative estimate of drug-likeness (QED) is 0.373. The van der Waals surface area contributed by atoms with E-state index in [0.717, 1.165) is 17.3 Å². The van der Waals surface area contributed by atoms with E-state index in [2.05, 4.69) is 15.5 Å². The van der Waals surface area contributed by atoms with Gasteiger partial charge in [-0.2, -0.15) is 0 Å². The molecule has 3 aromatic carbocycles. The molecule has 0 atom stereocenters. The van der Waals surface area contributed by atoms with E-state index >= 15 is 0 Å². The van der Waals surface area contributed by atoms with Crippen molar-refractivity contribution in [2.45, 2.75) is 11.7 Å². The molecule has 0 aliphatic rings. The number of hydrogen-bond acceptors (Lipinski definition) is 5. The average molecular weight is 477 g/mol. The summed E-state index contributed by atoms with van der Waals surface area (Å²) in [5.74, 6) is -0.698. The number of benzene rings is 3. The molecule has 7 nitrogen and oxygen atoms in total. The summed E-state index contributed by atoms with van der Waals surface area (Å²) < 4.78 is 29.6. The smallest absolute Gasteiger partial charge is 0.263 e. The maximum Gasteiger partial charge on any atom is 0.263 e. The predicted octanol–water partition coefficient (Wildman–Crippen LogP) is 4.10. The van der Waals surface area contributed by atoms with Gasteiger partial charge in [0.15, 0.2) is 5.16 Å². The average Bonchev–Trinajstić information content (AvgIpc) is 3.27. The van der Waals surface area contributed by atoms with Crippen LogP contribution in [-0.2, 0) is 11.3 Å². The van der Waals surface area contributed by atoms with Crippen molar-refractivity contribution in [3.05, 3.63) is 100 Å². The molecule has 1 N–H and O–H groups in total. The Labute approximate surface area is 196 Å². The molecule has 170 valence electrons. The molecule has 0 unspecified atom stereocenters. The van der Waals surface area contributed by atoms with Crippen LogP contribution in [0.15, 0.2) is 82.7 Å². The number of hydrogen-bond donors (Lipinski definition) is 1. The van der Waals surface area contributed by atoms with Gasteiger partial charge in [-0.15, -0.1) is 10.2 Å². The molecular weight excluding hydrogens is 460 g/mol. The molecule has 34 heavy (non-hydrogen) atoms. The standard InChI is InChI=1S/C24H17F2N5O2S/c25-16-7-5-15(6-8-16)13-30-22(33)19-3-1-2-4-20(19)31-23(30)28-29-24(31)34-14-21(32)27-18-11-9-17(26)10-12-18/h1-12H,13-14H2,(H,27,32).